The average Bonchev–Trinajstić information content (AvgIpc) is 3.50. The van der Waals surface area contributed by atoms with E-state index in [-0.39, 0.29) is 6.04 Å². The summed E-state index contributed by atoms with van der Waals surface area (Å²) >= 11 is 0. The molecule has 6 nitrogen and oxygen atoms in total. The molecule has 0 spiro atoms. The molecule has 2 aromatic carbocycles. The number of likely N-dealkylation sites (tertiary alicyclic amines) is 1. The molecule has 0 aliphatic carbocycles. The summed E-state index contributed by atoms with van der Waals surface area (Å²) < 4.78 is 13.0. The molecule has 6 heteroatoms. The monoisotopic (exact) mass is 420 g/mol. The summed E-state index contributed by atoms with van der Waals surface area (Å²) in [6.45, 7) is 5.62. The molecule has 1 atom stereocenters. The number of methoxy groups -OCH3 is 2. The number of aryl methyl sites for hydroxylation is 1. The highest BCUT2D eigenvalue weighted by Crippen LogP contribution is 2.34. The zero-order chi connectivity index (χ0) is 21.6. The lowest BCUT2D eigenvalue weighted by molar-refractivity contribution is 0.342. The van der Waals surface area contributed by atoms with Crippen LogP contribution in [0, 0.1) is 0 Å². The van der Waals surface area contributed by atoms with Gasteiger partial charge in [-0.05, 0) is 61.2 Å². The fourth-order valence-electron chi connectivity index (χ4n) is 4.34. The molecule has 2 heterocycles. The van der Waals surface area contributed by atoms with Crippen molar-refractivity contribution in [2.45, 2.75) is 38.6 Å². The molecule has 0 radical (unpaired) electrons. The van der Waals surface area contributed by atoms with Crippen LogP contribution in [0.25, 0.3) is 0 Å². The van der Waals surface area contributed by atoms with Crippen molar-refractivity contribution in [1.82, 2.24) is 19.9 Å². The molecule has 4 rings (SSSR count). The first-order valence-corrected chi connectivity index (χ1v) is 11.2. The van der Waals surface area contributed by atoms with Crippen LogP contribution in [0.1, 0.15) is 48.2 Å². The Labute approximate surface area is 184 Å². The maximum atomic E-state index is 5.57. The summed E-state index contributed by atoms with van der Waals surface area (Å²) in [7, 11) is 3.32. The molecule has 1 aliphatic rings. The number of ether oxygens (including phenoxy) is 2. The summed E-state index contributed by atoms with van der Waals surface area (Å²) in [5.74, 6) is 1.43. The van der Waals surface area contributed by atoms with Crippen molar-refractivity contribution >= 4 is 0 Å². The molecular formula is C25H32N4O2. The van der Waals surface area contributed by atoms with Gasteiger partial charge in [-0.15, -0.1) is 5.10 Å². The van der Waals surface area contributed by atoms with Crippen molar-refractivity contribution in [2.75, 3.05) is 33.9 Å². The van der Waals surface area contributed by atoms with Crippen molar-refractivity contribution in [3.05, 3.63) is 71.0 Å². The Kier molecular flexibility index (Phi) is 6.87. The summed E-state index contributed by atoms with van der Waals surface area (Å²) in [4.78, 5) is 2.51. The Bertz CT molecular complexity index is 995. The maximum absolute atomic E-state index is 5.57. The zero-order valence-electron chi connectivity index (χ0n) is 18.8. The number of aromatic nitrogens is 3. The smallest absolute Gasteiger partial charge is 0.161 e. The quantitative estimate of drug-likeness (QED) is 0.521. The Morgan fingerprint density at radius 2 is 1.74 bits per heavy atom. The standard InChI is InChI=1S/C25H32N4O2/c1-4-19-8-7-9-20(16-19)25(21-10-11-23(30-2)24(17-21)31-3)29-18-22(26-27-29)12-15-28-13-5-6-14-28/h7-11,16-18,25H,4-6,12-15H2,1-3H3. The van der Waals surface area contributed by atoms with Crippen LogP contribution in [0.15, 0.2) is 48.7 Å². The first-order chi connectivity index (χ1) is 15.2. The highest BCUT2D eigenvalue weighted by Gasteiger charge is 2.21. The number of nitrogens with zero attached hydrogens (tertiary/aromatic N) is 4. The van der Waals surface area contributed by atoms with E-state index in [4.69, 9.17) is 9.47 Å². The van der Waals surface area contributed by atoms with Crippen LogP contribution >= 0.6 is 0 Å². The van der Waals surface area contributed by atoms with Gasteiger partial charge in [0.05, 0.1) is 19.9 Å². The Morgan fingerprint density at radius 3 is 2.48 bits per heavy atom. The molecule has 0 N–H and O–H groups in total. The Hall–Kier alpha value is -2.86. The molecule has 164 valence electrons. The molecule has 31 heavy (non-hydrogen) atoms. The predicted molar refractivity (Wildman–Crippen MR) is 122 cm³/mol. The zero-order valence-corrected chi connectivity index (χ0v) is 18.8. The van der Waals surface area contributed by atoms with Gasteiger partial charge in [0.1, 0.15) is 6.04 Å². The lowest BCUT2D eigenvalue weighted by atomic mass is 9.96. The second-order valence-corrected chi connectivity index (χ2v) is 8.10. The van der Waals surface area contributed by atoms with Gasteiger partial charge in [-0.3, -0.25) is 0 Å². The largest absolute Gasteiger partial charge is 0.493 e. The third-order valence-corrected chi connectivity index (χ3v) is 6.10. The molecule has 1 saturated heterocycles. The van der Waals surface area contributed by atoms with Crippen LogP contribution in [0.4, 0.5) is 0 Å². The highest BCUT2D eigenvalue weighted by molar-refractivity contribution is 5.46. The third-order valence-electron chi connectivity index (χ3n) is 6.10. The minimum atomic E-state index is -0.0839. The van der Waals surface area contributed by atoms with Crippen molar-refractivity contribution in [1.29, 1.82) is 0 Å². The second kappa shape index (κ2) is 9.96. The summed E-state index contributed by atoms with van der Waals surface area (Å²) in [5, 5.41) is 9.04. The van der Waals surface area contributed by atoms with Gasteiger partial charge in [0, 0.05) is 19.2 Å². The molecule has 1 aliphatic heterocycles. The van der Waals surface area contributed by atoms with Gasteiger partial charge in [-0.1, -0.05) is 42.5 Å². The van der Waals surface area contributed by atoms with Crippen LogP contribution < -0.4 is 9.47 Å². The molecule has 0 bridgehead atoms. The van der Waals surface area contributed by atoms with Crippen molar-refractivity contribution in [3.8, 4) is 11.5 Å². The molecular weight excluding hydrogens is 388 g/mol. The number of hydrogen-bond acceptors (Lipinski definition) is 5. The molecule has 3 aromatic rings. The van der Waals surface area contributed by atoms with Gasteiger partial charge < -0.3 is 14.4 Å². The number of hydrogen-bond donors (Lipinski definition) is 0. The van der Waals surface area contributed by atoms with Crippen LogP contribution in [-0.4, -0.2) is 53.7 Å². The van der Waals surface area contributed by atoms with Gasteiger partial charge >= 0.3 is 0 Å². The first kappa shape index (κ1) is 21.4. The van der Waals surface area contributed by atoms with Gasteiger partial charge in [-0.25, -0.2) is 4.68 Å². The summed E-state index contributed by atoms with van der Waals surface area (Å²) in [6, 6.07) is 14.7. The number of benzene rings is 2. The number of rotatable bonds is 9. The lowest BCUT2D eigenvalue weighted by Gasteiger charge is -2.20. The molecule has 0 amide bonds. The van der Waals surface area contributed by atoms with E-state index in [1.807, 2.05) is 16.8 Å². The van der Waals surface area contributed by atoms with Crippen LogP contribution in [-0.2, 0) is 12.8 Å². The average molecular weight is 421 g/mol. The Balaban J connectivity index is 1.67. The van der Waals surface area contributed by atoms with Crippen LogP contribution in [0.2, 0.25) is 0 Å². The van der Waals surface area contributed by atoms with Gasteiger partial charge in [0.25, 0.3) is 0 Å². The van der Waals surface area contributed by atoms with E-state index < -0.39 is 0 Å². The van der Waals surface area contributed by atoms with Crippen LogP contribution in [0.3, 0.4) is 0 Å². The van der Waals surface area contributed by atoms with Crippen molar-refractivity contribution in [3.63, 3.8) is 0 Å². The van der Waals surface area contributed by atoms with E-state index in [1.54, 1.807) is 14.2 Å². The lowest BCUT2D eigenvalue weighted by Crippen LogP contribution is -2.22. The van der Waals surface area contributed by atoms with E-state index in [0.29, 0.717) is 5.75 Å². The summed E-state index contributed by atoms with van der Waals surface area (Å²) in [5.41, 5.74) is 4.60. The first-order valence-electron chi connectivity index (χ1n) is 11.2. The topological polar surface area (TPSA) is 52.4 Å². The SMILES string of the molecule is CCc1cccc(C(c2ccc(OC)c(OC)c2)n2cc(CCN3CCCC3)nn2)c1. The Morgan fingerprint density at radius 1 is 0.968 bits per heavy atom. The van der Waals surface area contributed by atoms with E-state index in [1.165, 1.54) is 37.1 Å². The van der Waals surface area contributed by atoms with E-state index >= 15 is 0 Å². The minimum absolute atomic E-state index is 0.0839. The third kappa shape index (κ3) is 4.90. The molecule has 1 aromatic heterocycles. The predicted octanol–water partition coefficient (Wildman–Crippen LogP) is 4.13. The molecule has 1 fully saturated rings. The normalized spacial score (nSPS) is 15.2. The molecule has 0 saturated carbocycles. The highest BCUT2D eigenvalue weighted by atomic mass is 16.5. The fraction of sp³-hybridized carbons (Fsp3) is 0.440. The minimum Gasteiger partial charge on any atom is -0.493 e. The van der Waals surface area contributed by atoms with E-state index in [2.05, 4.69) is 58.7 Å². The van der Waals surface area contributed by atoms with Crippen molar-refractivity contribution < 1.29 is 9.47 Å². The molecule has 1 unspecified atom stereocenters. The second-order valence-electron chi connectivity index (χ2n) is 8.10. The fourth-order valence-corrected chi connectivity index (χ4v) is 4.34. The van der Waals surface area contributed by atoms with E-state index in [0.717, 1.165) is 36.4 Å². The van der Waals surface area contributed by atoms with Crippen LogP contribution in [0.5, 0.6) is 11.5 Å². The van der Waals surface area contributed by atoms with E-state index in [9.17, 15) is 0 Å². The van der Waals surface area contributed by atoms with Gasteiger partial charge in [0.2, 0.25) is 0 Å². The van der Waals surface area contributed by atoms with Gasteiger partial charge in [-0.2, -0.15) is 0 Å². The van der Waals surface area contributed by atoms with Crippen molar-refractivity contribution in [2.24, 2.45) is 0 Å². The maximum Gasteiger partial charge on any atom is 0.161 e. The van der Waals surface area contributed by atoms with Gasteiger partial charge in [0.15, 0.2) is 11.5 Å². The summed E-state index contributed by atoms with van der Waals surface area (Å²) in [6.07, 6.45) is 6.62.